The lowest BCUT2D eigenvalue weighted by Gasteiger charge is -2.14. The number of benzene rings is 1. The Morgan fingerprint density at radius 3 is 2.72 bits per heavy atom. The maximum Gasteiger partial charge on any atom is 0.128 e. The summed E-state index contributed by atoms with van der Waals surface area (Å²) in [7, 11) is 0. The molecule has 1 N–H and O–H groups in total. The molecule has 0 aromatic heterocycles. The highest BCUT2D eigenvalue weighted by Crippen LogP contribution is 2.15. The Labute approximate surface area is 118 Å². The first-order chi connectivity index (χ1) is 8.63. The van der Waals surface area contributed by atoms with Crippen molar-refractivity contribution in [1.82, 2.24) is 5.32 Å². The van der Waals surface area contributed by atoms with Gasteiger partial charge in [-0.05, 0) is 25.5 Å². The molecule has 0 aliphatic carbocycles. The lowest BCUT2D eigenvalue weighted by molar-refractivity contribution is 0.475. The van der Waals surface area contributed by atoms with Gasteiger partial charge in [-0.3, -0.25) is 0 Å². The van der Waals surface area contributed by atoms with E-state index in [1.807, 2.05) is 12.1 Å². The zero-order chi connectivity index (χ0) is 13.4. The number of halogens is 2. The molecule has 0 radical (unpaired) electrons. The quantitative estimate of drug-likeness (QED) is 0.663. The second kappa shape index (κ2) is 8.65. The minimum absolute atomic E-state index is 0.143. The van der Waals surface area contributed by atoms with Gasteiger partial charge in [0.2, 0.25) is 0 Å². The molecule has 0 aliphatic rings. The van der Waals surface area contributed by atoms with Crippen LogP contribution >= 0.6 is 15.9 Å². The normalized spacial score (nSPS) is 12.7. The van der Waals surface area contributed by atoms with Gasteiger partial charge in [0, 0.05) is 22.6 Å². The fraction of sp³-hybridized carbons (Fsp3) is 0.600. The van der Waals surface area contributed by atoms with E-state index < -0.39 is 0 Å². The molecule has 1 atom stereocenters. The van der Waals surface area contributed by atoms with Gasteiger partial charge in [-0.15, -0.1) is 0 Å². The van der Waals surface area contributed by atoms with Crippen LogP contribution in [0.15, 0.2) is 22.7 Å². The Balaban J connectivity index is 2.27. The van der Waals surface area contributed by atoms with Crippen LogP contribution in [0.3, 0.4) is 0 Å². The maximum atomic E-state index is 13.6. The minimum atomic E-state index is -0.143. The summed E-state index contributed by atoms with van der Waals surface area (Å²) in [5, 5.41) is 3.38. The van der Waals surface area contributed by atoms with Crippen LogP contribution in [-0.4, -0.2) is 6.04 Å². The summed E-state index contributed by atoms with van der Waals surface area (Å²) in [5.41, 5.74) is 0.735. The van der Waals surface area contributed by atoms with E-state index >= 15 is 0 Å². The van der Waals surface area contributed by atoms with Crippen LogP contribution in [0.5, 0.6) is 0 Å². The largest absolute Gasteiger partial charge is 0.310 e. The second-order valence-corrected chi connectivity index (χ2v) is 5.78. The zero-order valence-electron chi connectivity index (χ0n) is 11.3. The van der Waals surface area contributed by atoms with Crippen molar-refractivity contribution in [2.75, 3.05) is 0 Å². The molecular formula is C15H23BrFN. The Hall–Kier alpha value is -0.410. The lowest BCUT2D eigenvalue weighted by Crippen LogP contribution is -2.25. The second-order valence-electron chi connectivity index (χ2n) is 4.87. The molecular weight excluding hydrogens is 293 g/mol. The fourth-order valence-electron chi connectivity index (χ4n) is 1.93. The van der Waals surface area contributed by atoms with Crippen molar-refractivity contribution in [3.05, 3.63) is 34.1 Å². The average molecular weight is 316 g/mol. The number of nitrogens with one attached hydrogen (secondary N) is 1. The van der Waals surface area contributed by atoms with Gasteiger partial charge >= 0.3 is 0 Å². The maximum absolute atomic E-state index is 13.6. The van der Waals surface area contributed by atoms with Crippen LogP contribution in [0, 0.1) is 5.82 Å². The molecule has 1 rings (SSSR count). The summed E-state index contributed by atoms with van der Waals surface area (Å²) in [5.74, 6) is -0.143. The lowest BCUT2D eigenvalue weighted by atomic mass is 10.1. The van der Waals surface area contributed by atoms with E-state index in [0.29, 0.717) is 12.6 Å². The van der Waals surface area contributed by atoms with Crippen LogP contribution in [0.4, 0.5) is 4.39 Å². The van der Waals surface area contributed by atoms with Crippen LogP contribution in [0.25, 0.3) is 0 Å². The van der Waals surface area contributed by atoms with E-state index in [1.165, 1.54) is 31.7 Å². The summed E-state index contributed by atoms with van der Waals surface area (Å²) < 4.78 is 14.4. The topological polar surface area (TPSA) is 12.0 Å². The van der Waals surface area contributed by atoms with Crippen molar-refractivity contribution < 1.29 is 4.39 Å². The smallest absolute Gasteiger partial charge is 0.128 e. The van der Waals surface area contributed by atoms with Gasteiger partial charge in [0.05, 0.1) is 0 Å². The van der Waals surface area contributed by atoms with Crippen molar-refractivity contribution in [2.45, 2.75) is 58.5 Å². The highest BCUT2D eigenvalue weighted by Gasteiger charge is 2.05. The van der Waals surface area contributed by atoms with E-state index in [2.05, 4.69) is 35.1 Å². The van der Waals surface area contributed by atoms with Crippen molar-refractivity contribution in [1.29, 1.82) is 0 Å². The third-order valence-corrected chi connectivity index (χ3v) is 3.64. The van der Waals surface area contributed by atoms with E-state index in [4.69, 9.17) is 0 Å². The molecule has 0 amide bonds. The first-order valence-corrected chi connectivity index (χ1v) is 7.60. The number of rotatable bonds is 8. The third-order valence-electron chi connectivity index (χ3n) is 3.15. The fourth-order valence-corrected chi connectivity index (χ4v) is 2.26. The van der Waals surface area contributed by atoms with E-state index in [-0.39, 0.29) is 5.82 Å². The number of hydrogen-bond acceptors (Lipinski definition) is 1. The summed E-state index contributed by atoms with van der Waals surface area (Å²) >= 11 is 3.26. The molecule has 0 aliphatic heterocycles. The molecule has 0 saturated carbocycles. The van der Waals surface area contributed by atoms with Gasteiger partial charge < -0.3 is 5.32 Å². The molecule has 102 valence electrons. The van der Waals surface area contributed by atoms with Crippen molar-refractivity contribution in [2.24, 2.45) is 0 Å². The predicted molar refractivity (Wildman–Crippen MR) is 79.2 cm³/mol. The van der Waals surface area contributed by atoms with Gasteiger partial charge in [-0.1, -0.05) is 54.6 Å². The molecule has 1 aromatic rings. The summed E-state index contributed by atoms with van der Waals surface area (Å²) in [6.45, 7) is 4.99. The highest BCUT2D eigenvalue weighted by atomic mass is 79.9. The van der Waals surface area contributed by atoms with Crippen molar-refractivity contribution in [3.63, 3.8) is 0 Å². The molecule has 1 nitrogen and oxygen atoms in total. The van der Waals surface area contributed by atoms with Crippen LogP contribution in [-0.2, 0) is 6.54 Å². The van der Waals surface area contributed by atoms with Crippen molar-refractivity contribution >= 4 is 15.9 Å². The number of unbranched alkanes of at least 4 members (excludes halogenated alkanes) is 3. The molecule has 0 spiro atoms. The summed E-state index contributed by atoms with van der Waals surface area (Å²) in [4.78, 5) is 0. The van der Waals surface area contributed by atoms with Gasteiger partial charge in [0.15, 0.2) is 0 Å². The third kappa shape index (κ3) is 5.96. The van der Waals surface area contributed by atoms with Crippen LogP contribution < -0.4 is 5.32 Å². The van der Waals surface area contributed by atoms with Gasteiger partial charge in [0.1, 0.15) is 5.82 Å². The zero-order valence-corrected chi connectivity index (χ0v) is 12.9. The van der Waals surface area contributed by atoms with Crippen molar-refractivity contribution in [3.8, 4) is 0 Å². The standard InChI is InChI=1S/C15H23BrFN/c1-3-4-5-6-7-12(2)18-11-13-8-9-14(16)10-15(13)17/h8-10,12,18H,3-7,11H2,1-2H3. The van der Waals surface area contributed by atoms with E-state index in [0.717, 1.165) is 16.5 Å². The Morgan fingerprint density at radius 1 is 1.28 bits per heavy atom. The molecule has 0 fully saturated rings. The average Bonchev–Trinajstić information content (AvgIpc) is 2.33. The molecule has 1 aromatic carbocycles. The molecule has 18 heavy (non-hydrogen) atoms. The Bertz CT molecular complexity index is 354. The highest BCUT2D eigenvalue weighted by molar-refractivity contribution is 9.10. The molecule has 3 heteroatoms. The molecule has 0 heterocycles. The van der Waals surface area contributed by atoms with Crippen LogP contribution in [0.2, 0.25) is 0 Å². The van der Waals surface area contributed by atoms with Gasteiger partial charge in [0.25, 0.3) is 0 Å². The monoisotopic (exact) mass is 315 g/mol. The minimum Gasteiger partial charge on any atom is -0.310 e. The SMILES string of the molecule is CCCCCCC(C)NCc1ccc(Br)cc1F. The molecule has 0 saturated heterocycles. The summed E-state index contributed by atoms with van der Waals surface area (Å²) in [6.07, 6.45) is 6.30. The Kier molecular flexibility index (Phi) is 7.52. The molecule has 0 bridgehead atoms. The van der Waals surface area contributed by atoms with E-state index in [1.54, 1.807) is 0 Å². The Morgan fingerprint density at radius 2 is 2.06 bits per heavy atom. The predicted octanol–water partition coefficient (Wildman–Crippen LogP) is 5.04. The van der Waals surface area contributed by atoms with Crippen LogP contribution in [0.1, 0.15) is 51.5 Å². The summed E-state index contributed by atoms with van der Waals surface area (Å²) in [6, 6.07) is 5.68. The van der Waals surface area contributed by atoms with Gasteiger partial charge in [-0.25, -0.2) is 4.39 Å². The first-order valence-electron chi connectivity index (χ1n) is 6.80. The first kappa shape index (κ1) is 15.6. The van der Waals surface area contributed by atoms with Gasteiger partial charge in [-0.2, -0.15) is 0 Å². The van der Waals surface area contributed by atoms with E-state index in [9.17, 15) is 4.39 Å². The number of hydrogen-bond donors (Lipinski definition) is 1. The molecule has 1 unspecified atom stereocenters.